The average molecular weight is 417 g/mol. The minimum absolute atomic E-state index is 0.223. The maximum Gasteiger partial charge on any atom is 0.410 e. The quantitative estimate of drug-likeness (QED) is 0.429. The van der Waals surface area contributed by atoms with Gasteiger partial charge in [0.1, 0.15) is 10.5 Å². The van der Waals surface area contributed by atoms with Crippen LogP contribution < -0.4 is 0 Å². The Bertz CT molecular complexity index is 508. The molecular formula is C16H20INO4. The summed E-state index contributed by atoms with van der Waals surface area (Å²) in [5, 5.41) is 0. The largest absolute Gasteiger partial charge is 0.468 e. The molecule has 2 atom stereocenters. The van der Waals surface area contributed by atoms with Gasteiger partial charge < -0.3 is 14.4 Å². The molecule has 1 aliphatic heterocycles. The maximum absolute atomic E-state index is 12.3. The second-order valence-corrected chi connectivity index (χ2v) is 5.81. The summed E-state index contributed by atoms with van der Waals surface area (Å²) >= 11 is 1.99. The Morgan fingerprint density at radius 3 is 2.68 bits per heavy atom. The van der Waals surface area contributed by atoms with Crippen LogP contribution in [-0.4, -0.2) is 41.3 Å². The summed E-state index contributed by atoms with van der Waals surface area (Å²) in [6.45, 7) is 0.612. The Morgan fingerprint density at radius 1 is 1.32 bits per heavy atom. The first-order valence-electron chi connectivity index (χ1n) is 7.31. The van der Waals surface area contributed by atoms with Crippen LogP contribution in [0.2, 0.25) is 0 Å². The number of methoxy groups -OCH3 is 1. The van der Waals surface area contributed by atoms with Crippen LogP contribution in [0.15, 0.2) is 30.3 Å². The zero-order chi connectivity index (χ0) is 15.9. The van der Waals surface area contributed by atoms with E-state index in [9.17, 15) is 9.59 Å². The number of hydrogen-bond donors (Lipinski definition) is 0. The normalized spacial score (nSPS) is 19.4. The fourth-order valence-corrected chi connectivity index (χ4v) is 3.23. The van der Waals surface area contributed by atoms with Gasteiger partial charge in [-0.15, -0.1) is 0 Å². The molecule has 0 aromatic heterocycles. The van der Waals surface area contributed by atoms with E-state index in [-0.39, 0.29) is 18.1 Å². The number of likely N-dealkylation sites (tertiary alicyclic amines) is 1. The predicted octanol–water partition coefficient (Wildman–Crippen LogP) is 3.33. The van der Waals surface area contributed by atoms with Crippen LogP contribution in [0.4, 0.5) is 4.79 Å². The second-order valence-electron chi connectivity index (χ2n) is 5.19. The van der Waals surface area contributed by atoms with Crippen molar-refractivity contribution in [2.24, 2.45) is 0 Å². The van der Waals surface area contributed by atoms with E-state index in [4.69, 9.17) is 9.47 Å². The zero-order valence-electron chi connectivity index (χ0n) is 12.5. The summed E-state index contributed by atoms with van der Waals surface area (Å²) in [6, 6.07) is 9.26. The van der Waals surface area contributed by atoms with Crippen LogP contribution in [0, 0.1) is 0 Å². The topological polar surface area (TPSA) is 55.8 Å². The van der Waals surface area contributed by atoms with E-state index >= 15 is 0 Å². The smallest absolute Gasteiger partial charge is 0.410 e. The Kier molecular flexibility index (Phi) is 6.48. The fraction of sp³-hybridized carbons (Fsp3) is 0.500. The number of hydrogen-bond acceptors (Lipinski definition) is 4. The van der Waals surface area contributed by atoms with Crippen LogP contribution in [-0.2, 0) is 14.3 Å². The SMILES string of the molecule is COC(=O)C(c1ccccc1)C1CCCCN1C(=O)OCI. The lowest BCUT2D eigenvalue weighted by Crippen LogP contribution is -2.49. The van der Waals surface area contributed by atoms with E-state index in [1.54, 1.807) is 4.90 Å². The third-order valence-corrected chi connectivity index (χ3v) is 4.27. The Morgan fingerprint density at radius 2 is 2.05 bits per heavy atom. The van der Waals surface area contributed by atoms with Crippen LogP contribution >= 0.6 is 22.6 Å². The molecule has 1 fully saturated rings. The first-order chi connectivity index (χ1) is 10.7. The number of alkyl halides is 1. The molecule has 0 bridgehead atoms. The molecule has 0 N–H and O–H groups in total. The van der Waals surface area contributed by atoms with Gasteiger partial charge in [-0.3, -0.25) is 4.79 Å². The first kappa shape index (κ1) is 17.1. The highest BCUT2D eigenvalue weighted by Gasteiger charge is 2.39. The van der Waals surface area contributed by atoms with E-state index in [0.717, 1.165) is 24.8 Å². The van der Waals surface area contributed by atoms with Gasteiger partial charge in [0, 0.05) is 6.54 Å². The molecule has 1 aromatic rings. The van der Waals surface area contributed by atoms with Crippen LogP contribution in [0.3, 0.4) is 0 Å². The van der Waals surface area contributed by atoms with Gasteiger partial charge in [0.25, 0.3) is 0 Å². The number of rotatable bonds is 4. The highest BCUT2D eigenvalue weighted by atomic mass is 127. The number of benzene rings is 1. The van der Waals surface area contributed by atoms with Gasteiger partial charge in [-0.1, -0.05) is 30.3 Å². The van der Waals surface area contributed by atoms with Crippen LogP contribution in [0.1, 0.15) is 30.7 Å². The van der Waals surface area contributed by atoms with Crippen LogP contribution in [0.5, 0.6) is 0 Å². The van der Waals surface area contributed by atoms with E-state index in [0.29, 0.717) is 11.2 Å². The number of piperidine rings is 1. The molecule has 1 aromatic carbocycles. The van der Waals surface area contributed by atoms with Crippen molar-refractivity contribution in [2.75, 3.05) is 18.3 Å². The van der Waals surface area contributed by atoms with Gasteiger partial charge in [0.15, 0.2) is 0 Å². The minimum Gasteiger partial charge on any atom is -0.468 e. The molecular weight excluding hydrogens is 397 g/mol. The lowest BCUT2D eigenvalue weighted by Gasteiger charge is -2.38. The number of nitrogens with zero attached hydrogens (tertiary/aromatic N) is 1. The maximum atomic E-state index is 12.3. The highest BCUT2D eigenvalue weighted by molar-refractivity contribution is 14.1. The minimum atomic E-state index is -0.478. The standard InChI is InChI=1S/C16H20INO4/c1-21-15(19)14(12-7-3-2-4-8-12)13-9-5-6-10-18(13)16(20)22-11-17/h2-4,7-8,13-14H,5-6,9-11H2,1H3. The molecule has 1 aliphatic rings. The third kappa shape index (κ3) is 3.91. The molecule has 0 spiro atoms. The number of amides is 1. The van der Waals surface area contributed by atoms with Crippen molar-refractivity contribution in [2.45, 2.75) is 31.2 Å². The summed E-state index contributed by atoms with van der Waals surface area (Å²) in [4.78, 5) is 26.2. The van der Waals surface area contributed by atoms with Crippen molar-refractivity contribution < 1.29 is 19.1 Å². The molecule has 0 radical (unpaired) electrons. The number of halogens is 1. The first-order valence-corrected chi connectivity index (χ1v) is 8.83. The molecule has 0 aliphatic carbocycles. The second kappa shape index (κ2) is 8.36. The van der Waals surface area contributed by atoms with Crippen molar-refractivity contribution in [1.82, 2.24) is 4.90 Å². The monoisotopic (exact) mass is 417 g/mol. The molecule has 1 amide bonds. The number of carbonyl (C=O) groups is 2. The summed E-state index contributed by atoms with van der Waals surface area (Å²) in [5.41, 5.74) is 0.869. The van der Waals surface area contributed by atoms with Gasteiger partial charge in [-0.05, 0) is 47.4 Å². The predicted molar refractivity (Wildman–Crippen MR) is 90.9 cm³/mol. The van der Waals surface area contributed by atoms with Gasteiger partial charge in [0.2, 0.25) is 0 Å². The molecule has 2 unspecified atom stereocenters. The summed E-state index contributed by atoms with van der Waals surface area (Å²) in [7, 11) is 1.38. The van der Waals surface area contributed by atoms with Gasteiger partial charge in [0.05, 0.1) is 13.2 Å². The van der Waals surface area contributed by atoms with Crippen molar-refractivity contribution in [3.8, 4) is 0 Å². The molecule has 6 heteroatoms. The molecule has 5 nitrogen and oxygen atoms in total. The Balaban J connectivity index is 2.31. The molecule has 1 saturated heterocycles. The molecule has 1 heterocycles. The summed E-state index contributed by atoms with van der Waals surface area (Å²) in [5.74, 6) is -0.793. The van der Waals surface area contributed by atoms with Crippen molar-refractivity contribution in [1.29, 1.82) is 0 Å². The zero-order valence-corrected chi connectivity index (χ0v) is 14.7. The van der Waals surface area contributed by atoms with Crippen molar-refractivity contribution in [3.63, 3.8) is 0 Å². The Labute approximate surface area is 144 Å². The molecule has 2 rings (SSSR count). The summed E-state index contributed by atoms with van der Waals surface area (Å²) in [6.07, 6.45) is 2.32. The van der Waals surface area contributed by atoms with E-state index in [1.165, 1.54) is 7.11 Å². The van der Waals surface area contributed by atoms with Gasteiger partial charge in [-0.25, -0.2) is 4.79 Å². The van der Waals surface area contributed by atoms with Crippen molar-refractivity contribution in [3.05, 3.63) is 35.9 Å². The molecule has 120 valence electrons. The van der Waals surface area contributed by atoms with E-state index in [1.807, 2.05) is 52.9 Å². The number of carbonyl (C=O) groups excluding carboxylic acids is 2. The summed E-state index contributed by atoms with van der Waals surface area (Å²) < 4.78 is 10.4. The lowest BCUT2D eigenvalue weighted by molar-refractivity contribution is -0.144. The molecule has 22 heavy (non-hydrogen) atoms. The van der Waals surface area contributed by atoms with Crippen LogP contribution in [0.25, 0.3) is 0 Å². The number of esters is 1. The third-order valence-electron chi connectivity index (χ3n) is 3.96. The average Bonchev–Trinajstić information content (AvgIpc) is 2.56. The fourth-order valence-electron chi connectivity index (χ4n) is 2.96. The molecule has 0 saturated carbocycles. The number of ether oxygens (including phenoxy) is 2. The lowest BCUT2D eigenvalue weighted by atomic mass is 9.85. The van der Waals surface area contributed by atoms with E-state index in [2.05, 4.69) is 0 Å². The Hall–Kier alpha value is -1.31. The highest BCUT2D eigenvalue weighted by Crippen LogP contribution is 2.32. The van der Waals surface area contributed by atoms with Crippen molar-refractivity contribution >= 4 is 34.7 Å². The van der Waals surface area contributed by atoms with E-state index < -0.39 is 5.92 Å². The van der Waals surface area contributed by atoms with Gasteiger partial charge >= 0.3 is 12.1 Å². The van der Waals surface area contributed by atoms with Gasteiger partial charge in [-0.2, -0.15) is 0 Å².